The fraction of sp³-hybridized carbons (Fsp3) is 0.500. The summed E-state index contributed by atoms with van der Waals surface area (Å²) in [6, 6.07) is 4.40. The second-order valence-electron chi connectivity index (χ2n) is 8.36. The molecule has 0 aromatic carbocycles. The van der Waals surface area contributed by atoms with Crippen LogP contribution in [0.2, 0.25) is 0 Å². The molecular formula is C22H28N6O2. The number of nitrogens with one attached hydrogen (secondary N) is 2. The summed E-state index contributed by atoms with van der Waals surface area (Å²) in [5.41, 5.74) is 2.93. The third kappa shape index (κ3) is 3.56. The molecule has 3 aromatic heterocycles. The number of aromatic amines is 1. The first-order valence-electron chi connectivity index (χ1n) is 10.7. The number of likely N-dealkylation sites (tertiary alicyclic amines) is 1. The van der Waals surface area contributed by atoms with Crippen LogP contribution in [0.25, 0.3) is 21.9 Å². The zero-order valence-corrected chi connectivity index (χ0v) is 17.3. The normalized spacial score (nSPS) is 20.4. The van der Waals surface area contributed by atoms with Crippen molar-refractivity contribution >= 4 is 33.7 Å². The van der Waals surface area contributed by atoms with Crippen LogP contribution in [0.1, 0.15) is 19.3 Å². The lowest BCUT2D eigenvalue weighted by atomic mass is 10.0. The number of carbonyl (C=O) groups is 1. The number of pyridine rings is 2. The SMILES string of the molecule is COCC1CCN(C(=O)NC2CCN(c3cnc4ncc5[nH]cccc5c34)CC2)C1. The number of hydrogen-bond acceptors (Lipinski definition) is 5. The van der Waals surface area contributed by atoms with Gasteiger partial charge in [-0.3, -0.25) is 0 Å². The van der Waals surface area contributed by atoms with Gasteiger partial charge in [-0.05, 0) is 25.3 Å². The van der Waals surface area contributed by atoms with Gasteiger partial charge in [-0.1, -0.05) is 6.07 Å². The van der Waals surface area contributed by atoms with Crippen LogP contribution in [-0.2, 0) is 4.74 Å². The van der Waals surface area contributed by atoms with Crippen molar-refractivity contribution in [3.05, 3.63) is 30.7 Å². The Bertz CT molecular complexity index is 1040. The summed E-state index contributed by atoms with van der Waals surface area (Å²) in [5, 5.41) is 5.49. The van der Waals surface area contributed by atoms with Gasteiger partial charge in [0.05, 0.1) is 35.6 Å². The number of carbonyl (C=O) groups excluding carboxylic acids is 1. The average molecular weight is 409 g/mol. The van der Waals surface area contributed by atoms with E-state index < -0.39 is 0 Å². The second-order valence-corrected chi connectivity index (χ2v) is 8.36. The van der Waals surface area contributed by atoms with Crippen molar-refractivity contribution in [1.29, 1.82) is 0 Å². The molecule has 2 N–H and O–H groups in total. The number of hydrogen-bond donors (Lipinski definition) is 2. The maximum absolute atomic E-state index is 12.6. The first-order valence-corrected chi connectivity index (χ1v) is 10.7. The number of amides is 2. The fourth-order valence-electron chi connectivity index (χ4n) is 4.78. The molecular weight excluding hydrogens is 380 g/mol. The zero-order chi connectivity index (χ0) is 20.5. The number of ether oxygens (including phenoxy) is 1. The van der Waals surface area contributed by atoms with E-state index in [1.807, 2.05) is 29.6 Å². The molecule has 8 heteroatoms. The van der Waals surface area contributed by atoms with Crippen molar-refractivity contribution in [3.8, 4) is 0 Å². The van der Waals surface area contributed by atoms with Crippen LogP contribution < -0.4 is 10.2 Å². The van der Waals surface area contributed by atoms with E-state index in [0.717, 1.165) is 79.7 Å². The number of rotatable bonds is 4. The molecule has 2 fully saturated rings. The van der Waals surface area contributed by atoms with Crippen molar-refractivity contribution in [2.24, 2.45) is 5.92 Å². The number of urea groups is 1. The number of nitrogens with zero attached hydrogens (tertiary/aromatic N) is 4. The Balaban J connectivity index is 1.24. The van der Waals surface area contributed by atoms with Crippen LogP contribution in [0.3, 0.4) is 0 Å². The summed E-state index contributed by atoms with van der Waals surface area (Å²) in [4.78, 5) is 29.2. The van der Waals surface area contributed by atoms with Gasteiger partial charge in [-0.2, -0.15) is 0 Å². The number of piperidine rings is 1. The molecule has 0 aliphatic carbocycles. The largest absolute Gasteiger partial charge is 0.384 e. The Labute approximate surface area is 175 Å². The van der Waals surface area contributed by atoms with E-state index in [1.54, 1.807) is 7.11 Å². The summed E-state index contributed by atoms with van der Waals surface area (Å²) < 4.78 is 5.23. The summed E-state index contributed by atoms with van der Waals surface area (Å²) in [6.07, 6.45) is 8.57. The minimum atomic E-state index is 0.0678. The maximum atomic E-state index is 12.6. The summed E-state index contributed by atoms with van der Waals surface area (Å²) in [6.45, 7) is 4.13. The molecule has 0 bridgehead atoms. The van der Waals surface area contributed by atoms with Gasteiger partial charge in [0.25, 0.3) is 0 Å². The molecule has 2 aliphatic rings. The molecule has 5 heterocycles. The molecule has 0 saturated carbocycles. The minimum Gasteiger partial charge on any atom is -0.384 e. The van der Waals surface area contributed by atoms with Gasteiger partial charge in [-0.15, -0.1) is 0 Å². The lowest BCUT2D eigenvalue weighted by Crippen LogP contribution is -2.48. The van der Waals surface area contributed by atoms with Crippen LogP contribution in [0.5, 0.6) is 0 Å². The van der Waals surface area contributed by atoms with Crippen molar-refractivity contribution in [1.82, 2.24) is 25.2 Å². The highest BCUT2D eigenvalue weighted by molar-refractivity contribution is 6.10. The number of H-pyrrole nitrogens is 1. The van der Waals surface area contributed by atoms with Crippen LogP contribution in [-0.4, -0.2) is 71.8 Å². The fourth-order valence-corrected chi connectivity index (χ4v) is 4.78. The van der Waals surface area contributed by atoms with Crippen LogP contribution in [0.4, 0.5) is 10.5 Å². The van der Waals surface area contributed by atoms with E-state index in [-0.39, 0.29) is 12.1 Å². The molecule has 0 spiro atoms. The van der Waals surface area contributed by atoms with Gasteiger partial charge in [0.1, 0.15) is 0 Å². The average Bonchev–Trinajstić information content (AvgIpc) is 3.42. The zero-order valence-electron chi connectivity index (χ0n) is 17.3. The maximum Gasteiger partial charge on any atom is 0.317 e. The van der Waals surface area contributed by atoms with Gasteiger partial charge in [0.15, 0.2) is 5.65 Å². The van der Waals surface area contributed by atoms with Crippen LogP contribution in [0.15, 0.2) is 30.7 Å². The molecule has 1 unspecified atom stereocenters. The van der Waals surface area contributed by atoms with Crippen LogP contribution in [0, 0.1) is 5.92 Å². The molecule has 1 atom stereocenters. The molecule has 2 saturated heterocycles. The van der Waals surface area contributed by atoms with Gasteiger partial charge in [0.2, 0.25) is 0 Å². The standard InChI is InChI=1S/C22H28N6O2/c1-30-14-15-4-8-28(13-15)22(29)26-16-5-9-27(10-6-16)19-12-25-21-20(19)17-3-2-7-23-18(17)11-24-21/h2-3,7,11-12,15-16,23H,4-6,8-10,13-14H2,1H3,(H,26,29). The molecule has 5 rings (SSSR count). The first kappa shape index (κ1) is 19.1. The lowest BCUT2D eigenvalue weighted by molar-refractivity contribution is 0.153. The molecule has 30 heavy (non-hydrogen) atoms. The molecule has 2 amide bonds. The molecule has 0 radical (unpaired) electrons. The van der Waals surface area contributed by atoms with E-state index in [9.17, 15) is 4.79 Å². The van der Waals surface area contributed by atoms with Gasteiger partial charge >= 0.3 is 6.03 Å². The Morgan fingerprint density at radius 2 is 2.07 bits per heavy atom. The highest BCUT2D eigenvalue weighted by Crippen LogP contribution is 2.33. The molecule has 8 nitrogen and oxygen atoms in total. The first-order chi connectivity index (χ1) is 14.7. The van der Waals surface area contributed by atoms with E-state index in [0.29, 0.717) is 5.92 Å². The predicted octanol–water partition coefficient (Wildman–Crippen LogP) is 2.76. The van der Waals surface area contributed by atoms with E-state index in [4.69, 9.17) is 4.74 Å². The van der Waals surface area contributed by atoms with E-state index in [1.165, 1.54) is 0 Å². The van der Waals surface area contributed by atoms with Crippen molar-refractivity contribution in [3.63, 3.8) is 0 Å². The van der Waals surface area contributed by atoms with Crippen molar-refractivity contribution < 1.29 is 9.53 Å². The summed E-state index contributed by atoms with van der Waals surface area (Å²) >= 11 is 0. The molecule has 158 valence electrons. The summed E-state index contributed by atoms with van der Waals surface area (Å²) in [5.74, 6) is 0.460. The highest BCUT2D eigenvalue weighted by atomic mass is 16.5. The quantitative estimate of drug-likeness (QED) is 0.693. The predicted molar refractivity (Wildman–Crippen MR) is 117 cm³/mol. The van der Waals surface area contributed by atoms with Crippen molar-refractivity contribution in [2.75, 3.05) is 44.8 Å². The van der Waals surface area contributed by atoms with Crippen LogP contribution >= 0.6 is 0 Å². The summed E-state index contributed by atoms with van der Waals surface area (Å²) in [7, 11) is 1.72. The minimum absolute atomic E-state index is 0.0678. The van der Waals surface area contributed by atoms with E-state index in [2.05, 4.69) is 31.2 Å². The Morgan fingerprint density at radius 1 is 1.23 bits per heavy atom. The second kappa shape index (κ2) is 8.10. The van der Waals surface area contributed by atoms with E-state index >= 15 is 0 Å². The highest BCUT2D eigenvalue weighted by Gasteiger charge is 2.29. The third-order valence-corrected chi connectivity index (χ3v) is 6.40. The lowest BCUT2D eigenvalue weighted by Gasteiger charge is -2.34. The Morgan fingerprint density at radius 3 is 2.90 bits per heavy atom. The number of fused-ring (bicyclic) bond motifs is 3. The third-order valence-electron chi connectivity index (χ3n) is 6.40. The van der Waals surface area contributed by atoms with Gasteiger partial charge < -0.3 is 24.8 Å². The molecule has 3 aromatic rings. The smallest absolute Gasteiger partial charge is 0.317 e. The van der Waals surface area contributed by atoms with Crippen molar-refractivity contribution in [2.45, 2.75) is 25.3 Å². The Hall–Kier alpha value is -2.87. The molecule has 2 aliphatic heterocycles. The number of methoxy groups -OCH3 is 1. The number of aromatic nitrogens is 3. The monoisotopic (exact) mass is 408 g/mol. The number of anilines is 1. The van der Waals surface area contributed by atoms with Gasteiger partial charge in [0, 0.05) is 56.8 Å². The van der Waals surface area contributed by atoms with Gasteiger partial charge in [-0.25, -0.2) is 14.8 Å². The Kier molecular flexibility index (Phi) is 5.16. The topological polar surface area (TPSA) is 86.4 Å².